The topological polar surface area (TPSA) is 40.5 Å². The number of nitrogens with zero attached hydrogens (tertiary/aromatic N) is 1. The highest BCUT2D eigenvalue weighted by molar-refractivity contribution is 5.79. The van der Waals surface area contributed by atoms with Crippen molar-refractivity contribution >= 4 is 5.97 Å². The molecule has 0 aromatic heterocycles. The molecule has 1 saturated heterocycles. The Morgan fingerprint density at radius 3 is 2.72 bits per heavy atom. The summed E-state index contributed by atoms with van der Waals surface area (Å²) in [7, 11) is 0. The van der Waals surface area contributed by atoms with Gasteiger partial charge in [-0.3, -0.25) is 9.69 Å². The molecule has 0 radical (unpaired) electrons. The molecule has 4 atom stereocenters. The van der Waals surface area contributed by atoms with Crippen molar-refractivity contribution in [1.29, 1.82) is 0 Å². The van der Waals surface area contributed by atoms with Crippen LogP contribution in [0.5, 0.6) is 0 Å². The van der Waals surface area contributed by atoms with Gasteiger partial charge in [0.25, 0.3) is 0 Å². The van der Waals surface area contributed by atoms with Gasteiger partial charge < -0.3 is 5.11 Å². The molecule has 1 saturated carbocycles. The summed E-state index contributed by atoms with van der Waals surface area (Å²) in [5, 5.41) is 9.68. The molecule has 18 heavy (non-hydrogen) atoms. The monoisotopic (exact) mass is 253 g/mol. The molecule has 1 heterocycles. The minimum atomic E-state index is -0.604. The predicted molar refractivity (Wildman–Crippen MR) is 72.6 cm³/mol. The van der Waals surface area contributed by atoms with E-state index < -0.39 is 11.5 Å². The summed E-state index contributed by atoms with van der Waals surface area (Å²) in [4.78, 5) is 14.1. The van der Waals surface area contributed by atoms with Crippen LogP contribution in [0.15, 0.2) is 0 Å². The zero-order valence-corrected chi connectivity index (χ0v) is 12.0. The van der Waals surface area contributed by atoms with Crippen LogP contribution in [0.1, 0.15) is 59.3 Å². The average molecular weight is 253 g/mol. The number of aliphatic carboxylic acids is 1. The highest BCUT2D eigenvalue weighted by atomic mass is 16.4. The third-order valence-corrected chi connectivity index (χ3v) is 5.34. The summed E-state index contributed by atoms with van der Waals surface area (Å²) in [6.45, 7) is 7.62. The minimum absolute atomic E-state index is 0.479. The normalized spacial score (nSPS) is 42.1. The maximum Gasteiger partial charge on any atom is 0.324 e. The van der Waals surface area contributed by atoms with Crippen molar-refractivity contribution in [2.75, 3.05) is 6.54 Å². The Labute approximate surface area is 111 Å². The quantitative estimate of drug-likeness (QED) is 0.840. The summed E-state index contributed by atoms with van der Waals surface area (Å²) < 4.78 is 0. The Morgan fingerprint density at radius 2 is 2.11 bits per heavy atom. The Bertz CT molecular complexity index is 318. The van der Waals surface area contributed by atoms with Crippen LogP contribution in [-0.4, -0.2) is 34.1 Å². The van der Waals surface area contributed by atoms with Gasteiger partial charge in [-0.15, -0.1) is 0 Å². The fraction of sp³-hybridized carbons (Fsp3) is 0.933. The first-order valence-corrected chi connectivity index (χ1v) is 7.51. The lowest BCUT2D eigenvalue weighted by Crippen LogP contribution is -2.57. The van der Waals surface area contributed by atoms with E-state index in [1.165, 1.54) is 19.3 Å². The molecule has 3 heteroatoms. The molecule has 2 rings (SSSR count). The molecule has 1 N–H and O–H groups in total. The zero-order chi connectivity index (χ0) is 13.3. The van der Waals surface area contributed by atoms with Gasteiger partial charge in [0.05, 0.1) is 0 Å². The van der Waals surface area contributed by atoms with Gasteiger partial charge in [0, 0.05) is 6.04 Å². The molecule has 1 aliphatic carbocycles. The second kappa shape index (κ2) is 5.20. The van der Waals surface area contributed by atoms with Crippen LogP contribution in [0.3, 0.4) is 0 Å². The first-order chi connectivity index (χ1) is 8.51. The van der Waals surface area contributed by atoms with Crippen LogP contribution in [-0.2, 0) is 4.79 Å². The van der Waals surface area contributed by atoms with Crippen LogP contribution in [0, 0.1) is 11.8 Å². The number of rotatable bonds is 3. The Hall–Kier alpha value is -0.570. The first-order valence-electron chi connectivity index (χ1n) is 7.51. The molecule has 4 unspecified atom stereocenters. The number of carbonyl (C=O) groups is 1. The lowest BCUT2D eigenvalue weighted by atomic mass is 9.77. The van der Waals surface area contributed by atoms with Crippen LogP contribution in [0.4, 0.5) is 0 Å². The lowest BCUT2D eigenvalue weighted by molar-refractivity contribution is -0.153. The molecule has 0 aromatic rings. The van der Waals surface area contributed by atoms with Crippen molar-refractivity contribution in [3.63, 3.8) is 0 Å². The van der Waals surface area contributed by atoms with Crippen molar-refractivity contribution in [1.82, 2.24) is 4.90 Å². The van der Waals surface area contributed by atoms with Gasteiger partial charge in [-0.1, -0.05) is 27.2 Å². The van der Waals surface area contributed by atoms with Gasteiger partial charge in [-0.05, 0) is 50.5 Å². The minimum Gasteiger partial charge on any atom is -0.480 e. The van der Waals surface area contributed by atoms with Crippen LogP contribution >= 0.6 is 0 Å². The smallest absolute Gasteiger partial charge is 0.324 e. The predicted octanol–water partition coefficient (Wildman–Crippen LogP) is 3.14. The highest BCUT2D eigenvalue weighted by Gasteiger charge is 2.50. The van der Waals surface area contributed by atoms with E-state index in [4.69, 9.17) is 0 Å². The fourth-order valence-corrected chi connectivity index (χ4v) is 4.08. The zero-order valence-electron chi connectivity index (χ0n) is 12.0. The van der Waals surface area contributed by atoms with Crippen molar-refractivity contribution in [2.45, 2.75) is 70.9 Å². The lowest BCUT2D eigenvalue weighted by Gasteiger charge is -2.45. The van der Waals surface area contributed by atoms with Crippen molar-refractivity contribution in [2.24, 2.45) is 11.8 Å². The summed E-state index contributed by atoms with van der Waals surface area (Å²) in [5.74, 6) is 0.785. The molecule has 0 spiro atoms. The molecule has 1 aliphatic heterocycles. The van der Waals surface area contributed by atoms with E-state index in [1.807, 2.05) is 6.92 Å². The standard InChI is InChI=1S/C15H27NO2/c1-4-15(14(17)18)8-5-9-16(15)13-10-11(2)6-7-12(13)3/h11-13H,4-10H2,1-3H3,(H,17,18). The molecule has 0 aromatic carbocycles. The largest absolute Gasteiger partial charge is 0.480 e. The molecule has 2 aliphatic rings. The maximum absolute atomic E-state index is 11.8. The van der Waals surface area contributed by atoms with E-state index >= 15 is 0 Å². The number of carboxylic acids is 1. The Morgan fingerprint density at radius 1 is 1.39 bits per heavy atom. The molecule has 104 valence electrons. The average Bonchev–Trinajstić information content (AvgIpc) is 2.77. The highest BCUT2D eigenvalue weighted by Crippen LogP contribution is 2.41. The van der Waals surface area contributed by atoms with E-state index in [0.717, 1.165) is 31.7 Å². The number of hydrogen-bond donors (Lipinski definition) is 1. The summed E-state index contributed by atoms with van der Waals surface area (Å²) in [5.41, 5.74) is -0.573. The van der Waals surface area contributed by atoms with Crippen molar-refractivity contribution in [3.8, 4) is 0 Å². The van der Waals surface area contributed by atoms with Gasteiger partial charge in [-0.2, -0.15) is 0 Å². The number of likely N-dealkylation sites (tertiary alicyclic amines) is 1. The van der Waals surface area contributed by atoms with Crippen LogP contribution in [0.25, 0.3) is 0 Å². The van der Waals surface area contributed by atoms with E-state index in [9.17, 15) is 9.90 Å². The molecule has 0 bridgehead atoms. The first kappa shape index (κ1) is 13.9. The van der Waals surface area contributed by atoms with Gasteiger partial charge in [0.1, 0.15) is 5.54 Å². The van der Waals surface area contributed by atoms with Crippen molar-refractivity contribution < 1.29 is 9.90 Å². The molecule has 0 amide bonds. The third kappa shape index (κ3) is 2.18. The third-order valence-electron chi connectivity index (χ3n) is 5.34. The molecular weight excluding hydrogens is 226 g/mol. The summed E-state index contributed by atoms with van der Waals surface area (Å²) in [6.07, 6.45) is 6.34. The van der Waals surface area contributed by atoms with Gasteiger partial charge in [-0.25, -0.2) is 0 Å². The molecular formula is C15H27NO2. The SMILES string of the molecule is CCC1(C(=O)O)CCCN1C1CC(C)CCC1C. The van der Waals surface area contributed by atoms with Gasteiger partial charge >= 0.3 is 5.97 Å². The summed E-state index contributed by atoms with van der Waals surface area (Å²) in [6, 6.07) is 0.479. The van der Waals surface area contributed by atoms with Gasteiger partial charge in [0.15, 0.2) is 0 Å². The number of carboxylic acid groups (broad SMARTS) is 1. The second-order valence-electron chi connectivity index (χ2n) is 6.45. The van der Waals surface area contributed by atoms with Crippen molar-refractivity contribution in [3.05, 3.63) is 0 Å². The Kier molecular flexibility index (Phi) is 4.00. The van der Waals surface area contributed by atoms with E-state index in [2.05, 4.69) is 18.7 Å². The van der Waals surface area contributed by atoms with E-state index in [0.29, 0.717) is 12.0 Å². The van der Waals surface area contributed by atoms with E-state index in [1.54, 1.807) is 0 Å². The molecule has 3 nitrogen and oxygen atoms in total. The van der Waals surface area contributed by atoms with E-state index in [-0.39, 0.29) is 0 Å². The maximum atomic E-state index is 11.8. The van der Waals surface area contributed by atoms with Crippen LogP contribution < -0.4 is 0 Å². The number of hydrogen-bond acceptors (Lipinski definition) is 2. The van der Waals surface area contributed by atoms with Crippen LogP contribution in [0.2, 0.25) is 0 Å². The molecule has 2 fully saturated rings. The fourth-order valence-electron chi connectivity index (χ4n) is 4.08. The summed E-state index contributed by atoms with van der Waals surface area (Å²) >= 11 is 0. The Balaban J connectivity index is 2.22. The van der Waals surface area contributed by atoms with Gasteiger partial charge in [0.2, 0.25) is 0 Å². The second-order valence-corrected chi connectivity index (χ2v) is 6.45.